The van der Waals surface area contributed by atoms with Gasteiger partial charge in [0.25, 0.3) is 11.7 Å². The number of thioether (sulfide) groups is 1. The summed E-state index contributed by atoms with van der Waals surface area (Å²) in [5.74, 6) is -4.18. The van der Waals surface area contributed by atoms with Gasteiger partial charge < -0.3 is 10.0 Å². The number of benzene rings is 1. The second-order valence-corrected chi connectivity index (χ2v) is 5.75. The molecule has 2 rings (SSSR count). The molecule has 1 unspecified atom stereocenters. The Hall–Kier alpha value is -1.63. The number of nitrogens with zero attached hydrogens (tertiary/aromatic N) is 1. The molecule has 0 bridgehead atoms. The molecule has 1 N–H and O–H groups in total. The molecule has 114 valence electrons. The number of carboxylic acid groups (broad SMARTS) is 1. The number of amides is 1. The van der Waals surface area contributed by atoms with Crippen LogP contribution in [0.5, 0.6) is 0 Å². The highest BCUT2D eigenvalue weighted by Crippen LogP contribution is 2.30. The molecule has 1 aromatic rings. The van der Waals surface area contributed by atoms with Gasteiger partial charge in [0, 0.05) is 11.4 Å². The lowest BCUT2D eigenvalue weighted by atomic mass is 10.0. The van der Waals surface area contributed by atoms with Crippen LogP contribution in [0.1, 0.15) is 29.6 Å². The van der Waals surface area contributed by atoms with E-state index in [2.05, 4.69) is 0 Å². The van der Waals surface area contributed by atoms with Crippen molar-refractivity contribution in [2.75, 3.05) is 6.54 Å². The standard InChI is InChI=1S/C14H15F2NO3S/c15-14(16)21-11-7-2-1-5-9(11)12(18)17-8-4-3-6-10(17)13(19)20/h1-2,5,7,10,14H,3-4,6,8H2,(H,19,20). The van der Waals surface area contributed by atoms with Crippen molar-refractivity contribution in [3.63, 3.8) is 0 Å². The van der Waals surface area contributed by atoms with Crippen molar-refractivity contribution in [3.8, 4) is 0 Å². The van der Waals surface area contributed by atoms with Gasteiger partial charge in [-0.15, -0.1) is 0 Å². The molecule has 1 amide bonds. The predicted molar refractivity (Wildman–Crippen MR) is 74.6 cm³/mol. The van der Waals surface area contributed by atoms with E-state index in [1.165, 1.54) is 17.0 Å². The van der Waals surface area contributed by atoms with Crippen molar-refractivity contribution < 1.29 is 23.5 Å². The number of hydrogen-bond donors (Lipinski definition) is 1. The van der Waals surface area contributed by atoms with Gasteiger partial charge >= 0.3 is 5.97 Å². The zero-order chi connectivity index (χ0) is 15.4. The van der Waals surface area contributed by atoms with E-state index in [4.69, 9.17) is 0 Å². The summed E-state index contributed by atoms with van der Waals surface area (Å²) in [6.45, 7) is 0.337. The van der Waals surface area contributed by atoms with Crippen LogP contribution in [0.3, 0.4) is 0 Å². The minimum absolute atomic E-state index is 0.135. The molecule has 1 aliphatic rings. The number of rotatable bonds is 4. The number of halogens is 2. The lowest BCUT2D eigenvalue weighted by molar-refractivity contribution is -0.143. The fourth-order valence-electron chi connectivity index (χ4n) is 2.43. The highest BCUT2D eigenvalue weighted by molar-refractivity contribution is 7.99. The Balaban J connectivity index is 2.28. The van der Waals surface area contributed by atoms with Crippen LogP contribution < -0.4 is 0 Å². The van der Waals surface area contributed by atoms with Gasteiger partial charge in [-0.25, -0.2) is 4.79 Å². The van der Waals surface area contributed by atoms with Gasteiger partial charge in [0.15, 0.2) is 0 Å². The van der Waals surface area contributed by atoms with Crippen molar-refractivity contribution in [2.45, 2.75) is 36.0 Å². The van der Waals surface area contributed by atoms with E-state index >= 15 is 0 Å². The summed E-state index contributed by atoms with van der Waals surface area (Å²) in [5.41, 5.74) is 0.135. The van der Waals surface area contributed by atoms with Gasteiger partial charge in [-0.1, -0.05) is 23.9 Å². The predicted octanol–water partition coefficient (Wildman–Crippen LogP) is 3.08. The van der Waals surface area contributed by atoms with E-state index in [0.29, 0.717) is 24.7 Å². The molecule has 21 heavy (non-hydrogen) atoms. The zero-order valence-corrected chi connectivity index (χ0v) is 12.0. The molecule has 1 heterocycles. The Morgan fingerprint density at radius 2 is 2.00 bits per heavy atom. The van der Waals surface area contributed by atoms with E-state index in [1.807, 2.05) is 0 Å². The molecule has 1 saturated heterocycles. The van der Waals surface area contributed by atoms with E-state index in [1.54, 1.807) is 12.1 Å². The number of piperidine rings is 1. The van der Waals surface area contributed by atoms with Gasteiger partial charge in [-0.2, -0.15) is 8.78 Å². The van der Waals surface area contributed by atoms with Crippen LogP contribution in [0.4, 0.5) is 8.78 Å². The SMILES string of the molecule is O=C(O)C1CCCCN1C(=O)c1ccccc1SC(F)F. The molecule has 0 saturated carbocycles. The van der Waals surface area contributed by atoms with Crippen LogP contribution in [0.2, 0.25) is 0 Å². The molecule has 1 fully saturated rings. The fourth-order valence-corrected chi connectivity index (χ4v) is 3.06. The second kappa shape index (κ2) is 6.89. The third-order valence-electron chi connectivity index (χ3n) is 3.38. The number of carboxylic acids is 1. The Kier molecular flexibility index (Phi) is 5.17. The van der Waals surface area contributed by atoms with Gasteiger partial charge in [-0.05, 0) is 31.4 Å². The zero-order valence-electron chi connectivity index (χ0n) is 11.2. The van der Waals surface area contributed by atoms with Gasteiger partial charge in [0.1, 0.15) is 6.04 Å². The van der Waals surface area contributed by atoms with Gasteiger partial charge in [0.2, 0.25) is 0 Å². The Morgan fingerprint density at radius 3 is 2.67 bits per heavy atom. The van der Waals surface area contributed by atoms with E-state index in [-0.39, 0.29) is 10.5 Å². The first kappa shape index (κ1) is 15.8. The number of carbonyl (C=O) groups is 2. The summed E-state index contributed by atoms with van der Waals surface area (Å²) in [7, 11) is 0. The first-order chi connectivity index (χ1) is 10.0. The summed E-state index contributed by atoms with van der Waals surface area (Å²) in [6.07, 6.45) is 1.86. The molecule has 7 heteroatoms. The maximum atomic E-state index is 12.6. The lowest BCUT2D eigenvalue weighted by Gasteiger charge is -2.33. The first-order valence-corrected chi connectivity index (χ1v) is 7.46. The lowest BCUT2D eigenvalue weighted by Crippen LogP contribution is -2.48. The molecule has 1 aliphatic heterocycles. The molecular weight excluding hydrogens is 300 g/mol. The average Bonchev–Trinajstić information content (AvgIpc) is 2.46. The number of carbonyl (C=O) groups excluding carboxylic acids is 1. The third-order valence-corrected chi connectivity index (χ3v) is 4.17. The second-order valence-electron chi connectivity index (χ2n) is 4.72. The van der Waals surface area contributed by atoms with Crippen LogP contribution in [-0.2, 0) is 4.79 Å². The maximum Gasteiger partial charge on any atom is 0.326 e. The van der Waals surface area contributed by atoms with E-state index in [9.17, 15) is 23.5 Å². The summed E-state index contributed by atoms with van der Waals surface area (Å²) in [4.78, 5) is 25.2. The largest absolute Gasteiger partial charge is 0.480 e. The molecule has 4 nitrogen and oxygen atoms in total. The minimum Gasteiger partial charge on any atom is -0.480 e. The van der Waals surface area contributed by atoms with Crippen molar-refractivity contribution in [3.05, 3.63) is 29.8 Å². The highest BCUT2D eigenvalue weighted by atomic mass is 32.2. The Morgan fingerprint density at radius 1 is 1.29 bits per heavy atom. The van der Waals surface area contributed by atoms with E-state index in [0.717, 1.165) is 12.8 Å². The maximum absolute atomic E-state index is 12.6. The molecule has 1 aromatic carbocycles. The van der Waals surface area contributed by atoms with Gasteiger partial charge in [0.05, 0.1) is 5.56 Å². The number of aliphatic carboxylic acids is 1. The summed E-state index contributed by atoms with van der Waals surface area (Å²) in [5, 5.41) is 9.20. The van der Waals surface area contributed by atoms with E-state index < -0.39 is 23.7 Å². The summed E-state index contributed by atoms with van der Waals surface area (Å²) < 4.78 is 25.1. The summed E-state index contributed by atoms with van der Waals surface area (Å²) >= 11 is 0.299. The highest BCUT2D eigenvalue weighted by Gasteiger charge is 2.33. The van der Waals surface area contributed by atoms with Crippen LogP contribution in [0.15, 0.2) is 29.2 Å². The Bertz CT molecular complexity index is 539. The smallest absolute Gasteiger partial charge is 0.326 e. The average molecular weight is 315 g/mol. The molecule has 1 atom stereocenters. The molecule has 0 aliphatic carbocycles. The van der Waals surface area contributed by atoms with Crippen LogP contribution >= 0.6 is 11.8 Å². The number of likely N-dealkylation sites (tertiary alicyclic amines) is 1. The molecule has 0 radical (unpaired) electrons. The van der Waals surface area contributed by atoms with Crippen molar-refractivity contribution in [1.29, 1.82) is 0 Å². The van der Waals surface area contributed by atoms with Gasteiger partial charge in [-0.3, -0.25) is 4.79 Å². The minimum atomic E-state index is -2.63. The molecule has 0 aromatic heterocycles. The van der Waals surface area contributed by atoms with Crippen LogP contribution in [0.25, 0.3) is 0 Å². The van der Waals surface area contributed by atoms with Crippen LogP contribution in [0, 0.1) is 0 Å². The Labute approximate surface area is 125 Å². The topological polar surface area (TPSA) is 57.6 Å². The molecule has 0 spiro atoms. The first-order valence-electron chi connectivity index (χ1n) is 6.58. The number of alkyl halides is 2. The van der Waals surface area contributed by atoms with Crippen molar-refractivity contribution in [1.82, 2.24) is 4.90 Å². The fraction of sp³-hybridized carbons (Fsp3) is 0.429. The molecular formula is C14H15F2NO3S. The van der Waals surface area contributed by atoms with Crippen molar-refractivity contribution >= 4 is 23.6 Å². The quantitative estimate of drug-likeness (QED) is 0.868. The normalized spacial score (nSPS) is 18.8. The summed E-state index contributed by atoms with van der Waals surface area (Å²) in [6, 6.07) is 5.19. The van der Waals surface area contributed by atoms with Crippen molar-refractivity contribution in [2.24, 2.45) is 0 Å². The number of hydrogen-bond acceptors (Lipinski definition) is 3. The van der Waals surface area contributed by atoms with Crippen LogP contribution in [-0.4, -0.2) is 40.2 Å². The monoisotopic (exact) mass is 315 g/mol. The third kappa shape index (κ3) is 3.72.